The molecule has 2 aliphatic rings. The Bertz CT molecular complexity index is 1380. The van der Waals surface area contributed by atoms with Crippen molar-refractivity contribution >= 4 is 23.8 Å². The molecule has 1 aliphatic heterocycles. The van der Waals surface area contributed by atoms with Crippen LogP contribution < -0.4 is 20.9 Å². The van der Waals surface area contributed by atoms with Gasteiger partial charge in [0, 0.05) is 81.3 Å². The van der Waals surface area contributed by atoms with Gasteiger partial charge in [0.05, 0.1) is 0 Å². The van der Waals surface area contributed by atoms with Crippen molar-refractivity contribution in [3.8, 4) is 11.1 Å². The van der Waals surface area contributed by atoms with E-state index in [1.54, 1.807) is 0 Å². The summed E-state index contributed by atoms with van der Waals surface area (Å²) in [7, 11) is 1.83. The molecule has 3 N–H and O–H groups in total. The summed E-state index contributed by atoms with van der Waals surface area (Å²) < 4.78 is 0. The molecule has 1 saturated heterocycles. The maximum atomic E-state index is 13.7. The second-order valence-corrected chi connectivity index (χ2v) is 12.0. The normalized spacial score (nSPS) is 16.8. The molecule has 1 heterocycles. The van der Waals surface area contributed by atoms with E-state index in [0.717, 1.165) is 98.3 Å². The Morgan fingerprint density at radius 2 is 1.73 bits per heavy atom. The number of nitrogens with zero attached hydrogens (tertiary/aromatic N) is 2. The third-order valence-electron chi connectivity index (χ3n) is 9.02. The molecule has 2 amide bonds. The highest BCUT2D eigenvalue weighted by Crippen LogP contribution is 2.34. The van der Waals surface area contributed by atoms with E-state index < -0.39 is 0 Å². The maximum Gasteiger partial charge on any atom is 0.251 e. The number of hydrogen-bond acceptors (Lipinski definition) is 6. The summed E-state index contributed by atoms with van der Waals surface area (Å²) in [6.45, 7) is 13.3. The summed E-state index contributed by atoms with van der Waals surface area (Å²) in [6.07, 6.45) is 6.67. The molecule has 8 nitrogen and oxygen atoms in total. The minimum atomic E-state index is -0.272. The number of carbonyl (C=O) groups excluding carboxylic acids is 3. The van der Waals surface area contributed by atoms with Crippen molar-refractivity contribution in [2.24, 2.45) is 5.92 Å². The van der Waals surface area contributed by atoms with E-state index in [9.17, 15) is 14.4 Å². The van der Waals surface area contributed by atoms with Gasteiger partial charge in [0.2, 0.25) is 5.91 Å². The Kier molecular flexibility index (Phi) is 11.9. The highest BCUT2D eigenvalue weighted by molar-refractivity contribution is 6.02. The number of amides is 2. The molecule has 2 fully saturated rings. The standard InChI is InChI=1S/C36H49N5O3/c1-6-41(36(44)30-9-7-8-10-30)34-21-31(29-13-11-28(12-14-29)23-40-17-15-38-16-18-40)20-33(27(34)4)35(43)39-22-32(24-42)25(2)19-26(3)37-5/h11-14,19-21,24,30,37-38H,6-10,15-18,22-23H2,1-5H3,(H,39,43)/b26-19-,32-25-. The lowest BCUT2D eigenvalue weighted by Crippen LogP contribution is -2.42. The Labute approximate surface area is 263 Å². The molecule has 2 aromatic rings. The number of nitrogens with one attached hydrogen (secondary N) is 3. The van der Waals surface area contributed by atoms with Crippen molar-refractivity contribution < 1.29 is 14.4 Å². The SMILES string of the molecule is CCN(C(=O)C1CCCC1)c1cc(-c2ccc(CN3CCNCC3)cc2)cc(C(=O)NC/C(C=O)=C(C)/C=C(/C)NC)c1C. The molecule has 0 spiro atoms. The lowest BCUT2D eigenvalue weighted by Gasteiger charge is -2.28. The quantitative estimate of drug-likeness (QED) is 0.181. The molecule has 0 atom stereocenters. The van der Waals surface area contributed by atoms with Crippen LogP contribution in [-0.2, 0) is 16.1 Å². The van der Waals surface area contributed by atoms with Gasteiger partial charge in [-0.2, -0.15) is 0 Å². The fraction of sp³-hybridized carbons (Fsp3) is 0.472. The molecule has 0 bridgehead atoms. The zero-order valence-electron chi connectivity index (χ0n) is 27.1. The first-order valence-corrected chi connectivity index (χ1v) is 16.0. The van der Waals surface area contributed by atoms with Crippen molar-refractivity contribution in [2.45, 2.75) is 59.9 Å². The topological polar surface area (TPSA) is 93.8 Å². The van der Waals surface area contributed by atoms with Crippen LogP contribution in [0.25, 0.3) is 11.1 Å². The largest absolute Gasteiger partial charge is 0.392 e. The lowest BCUT2D eigenvalue weighted by atomic mass is 9.95. The van der Waals surface area contributed by atoms with Gasteiger partial charge in [0.25, 0.3) is 5.91 Å². The van der Waals surface area contributed by atoms with Gasteiger partial charge in [-0.3, -0.25) is 19.3 Å². The number of rotatable bonds is 12. The van der Waals surface area contributed by atoms with Gasteiger partial charge in [-0.05, 0) is 86.6 Å². The van der Waals surface area contributed by atoms with E-state index in [-0.39, 0.29) is 24.3 Å². The van der Waals surface area contributed by atoms with Crippen molar-refractivity contribution in [3.05, 3.63) is 76.0 Å². The average Bonchev–Trinajstić information content (AvgIpc) is 3.58. The first-order valence-electron chi connectivity index (χ1n) is 16.0. The molecule has 1 aliphatic carbocycles. The van der Waals surface area contributed by atoms with Crippen LogP contribution in [0.2, 0.25) is 0 Å². The Morgan fingerprint density at radius 3 is 2.34 bits per heavy atom. The number of carbonyl (C=O) groups is 3. The summed E-state index contributed by atoms with van der Waals surface area (Å²) in [6, 6.07) is 12.5. The summed E-state index contributed by atoms with van der Waals surface area (Å²) in [5.74, 6) is -0.111. The van der Waals surface area contributed by atoms with Gasteiger partial charge < -0.3 is 20.9 Å². The first-order chi connectivity index (χ1) is 21.2. The third kappa shape index (κ3) is 8.24. The Hall–Kier alpha value is -3.75. The molecule has 4 rings (SSSR count). The summed E-state index contributed by atoms with van der Waals surface area (Å²) in [5.41, 5.74) is 7.38. The summed E-state index contributed by atoms with van der Waals surface area (Å²) in [4.78, 5) is 43.6. The second kappa shape index (κ2) is 15.8. The minimum Gasteiger partial charge on any atom is -0.392 e. The second-order valence-electron chi connectivity index (χ2n) is 12.0. The summed E-state index contributed by atoms with van der Waals surface area (Å²) in [5, 5.41) is 9.43. The molecule has 1 saturated carbocycles. The number of allylic oxidation sites excluding steroid dienone is 3. The first kappa shape index (κ1) is 33.1. The fourth-order valence-electron chi connectivity index (χ4n) is 6.18. The average molecular weight is 600 g/mol. The van der Waals surface area contributed by atoms with Crippen LogP contribution in [0.15, 0.2) is 59.3 Å². The zero-order chi connectivity index (χ0) is 31.6. The third-order valence-corrected chi connectivity index (χ3v) is 9.02. The molecule has 0 unspecified atom stereocenters. The van der Waals surface area contributed by atoms with Gasteiger partial charge in [-0.25, -0.2) is 0 Å². The summed E-state index contributed by atoms with van der Waals surface area (Å²) >= 11 is 0. The van der Waals surface area contributed by atoms with E-state index in [1.165, 1.54) is 5.56 Å². The van der Waals surface area contributed by atoms with Gasteiger partial charge >= 0.3 is 0 Å². The van der Waals surface area contributed by atoms with Crippen LogP contribution in [0.1, 0.15) is 67.9 Å². The number of hydrogen-bond donors (Lipinski definition) is 3. The Balaban J connectivity index is 1.68. The van der Waals surface area contributed by atoms with Crippen molar-refractivity contribution in [2.75, 3.05) is 51.2 Å². The fourth-order valence-corrected chi connectivity index (χ4v) is 6.18. The van der Waals surface area contributed by atoms with E-state index in [0.29, 0.717) is 17.7 Å². The maximum absolute atomic E-state index is 13.7. The smallest absolute Gasteiger partial charge is 0.251 e. The van der Waals surface area contributed by atoms with Crippen molar-refractivity contribution in [1.29, 1.82) is 0 Å². The number of piperazine rings is 1. The van der Waals surface area contributed by atoms with Crippen LogP contribution in [0.3, 0.4) is 0 Å². The van der Waals surface area contributed by atoms with Crippen LogP contribution in [0.5, 0.6) is 0 Å². The number of aldehydes is 1. The predicted octanol–water partition coefficient (Wildman–Crippen LogP) is 4.98. The molecule has 44 heavy (non-hydrogen) atoms. The van der Waals surface area contributed by atoms with Crippen LogP contribution in [-0.4, -0.2) is 69.3 Å². The zero-order valence-corrected chi connectivity index (χ0v) is 27.1. The minimum absolute atomic E-state index is 0.0249. The highest BCUT2D eigenvalue weighted by Gasteiger charge is 2.29. The van der Waals surface area contributed by atoms with Gasteiger partial charge in [0.15, 0.2) is 0 Å². The van der Waals surface area contributed by atoms with Crippen LogP contribution in [0, 0.1) is 12.8 Å². The monoisotopic (exact) mass is 599 g/mol. The van der Waals surface area contributed by atoms with Gasteiger partial charge in [-0.15, -0.1) is 0 Å². The van der Waals surface area contributed by atoms with E-state index >= 15 is 0 Å². The molecule has 0 radical (unpaired) electrons. The van der Waals surface area contributed by atoms with Crippen LogP contribution in [0.4, 0.5) is 5.69 Å². The van der Waals surface area contributed by atoms with E-state index in [4.69, 9.17) is 0 Å². The number of benzene rings is 2. The van der Waals surface area contributed by atoms with Gasteiger partial charge in [0.1, 0.15) is 6.29 Å². The number of anilines is 1. The molecule has 2 aromatic carbocycles. The molecule has 236 valence electrons. The van der Waals surface area contributed by atoms with E-state index in [1.807, 2.05) is 51.8 Å². The Morgan fingerprint density at radius 1 is 1.05 bits per heavy atom. The lowest BCUT2D eigenvalue weighted by molar-refractivity contribution is -0.122. The predicted molar refractivity (Wildman–Crippen MR) is 179 cm³/mol. The van der Waals surface area contributed by atoms with E-state index in [2.05, 4.69) is 51.2 Å². The van der Waals surface area contributed by atoms with Crippen molar-refractivity contribution in [1.82, 2.24) is 20.9 Å². The highest BCUT2D eigenvalue weighted by atomic mass is 16.2. The molecular weight excluding hydrogens is 550 g/mol. The van der Waals surface area contributed by atoms with Gasteiger partial charge in [-0.1, -0.05) is 37.1 Å². The molecule has 8 heteroatoms. The molecule has 0 aromatic heterocycles. The molecular formula is C36H49N5O3. The van der Waals surface area contributed by atoms with Crippen LogP contribution >= 0.6 is 0 Å². The van der Waals surface area contributed by atoms with Crippen molar-refractivity contribution in [3.63, 3.8) is 0 Å².